The zero-order chi connectivity index (χ0) is 19.3. The maximum absolute atomic E-state index is 12.7. The van der Waals surface area contributed by atoms with E-state index in [0.717, 1.165) is 18.7 Å². The molecule has 144 valence electrons. The predicted molar refractivity (Wildman–Crippen MR) is 105 cm³/mol. The minimum Gasteiger partial charge on any atom is -0.334 e. The Morgan fingerprint density at radius 1 is 0.963 bits per heavy atom. The van der Waals surface area contributed by atoms with Crippen molar-refractivity contribution in [1.29, 1.82) is 0 Å². The maximum atomic E-state index is 12.7. The summed E-state index contributed by atoms with van der Waals surface area (Å²) < 4.78 is 26.9. The minimum absolute atomic E-state index is 0.282. The minimum atomic E-state index is -3.47. The van der Waals surface area contributed by atoms with Crippen molar-refractivity contribution in [2.45, 2.75) is 11.4 Å². The first-order valence-corrected chi connectivity index (χ1v) is 10.3. The van der Waals surface area contributed by atoms with Crippen LogP contribution in [0.5, 0.6) is 0 Å². The number of likely N-dealkylation sites (N-methyl/N-ethyl adjacent to an activating group) is 1. The van der Waals surface area contributed by atoms with Gasteiger partial charge in [-0.1, -0.05) is 30.3 Å². The van der Waals surface area contributed by atoms with Crippen LogP contribution in [0.4, 0.5) is 10.5 Å². The number of nitrogens with one attached hydrogen (secondary N) is 2. The third-order valence-electron chi connectivity index (χ3n) is 4.51. The summed E-state index contributed by atoms with van der Waals surface area (Å²) in [7, 11) is -1.48. The Morgan fingerprint density at radius 2 is 1.59 bits per heavy atom. The Balaban J connectivity index is 1.56. The molecule has 1 saturated heterocycles. The van der Waals surface area contributed by atoms with Gasteiger partial charge in [-0.05, 0) is 36.9 Å². The lowest BCUT2D eigenvalue weighted by Gasteiger charge is -2.31. The highest BCUT2D eigenvalue weighted by Gasteiger charge is 2.27. The molecule has 7 nitrogen and oxygen atoms in total. The van der Waals surface area contributed by atoms with Gasteiger partial charge in [-0.3, -0.25) is 0 Å². The van der Waals surface area contributed by atoms with Gasteiger partial charge in [0.1, 0.15) is 0 Å². The fourth-order valence-corrected chi connectivity index (χ4v) is 4.26. The van der Waals surface area contributed by atoms with Crippen molar-refractivity contribution in [2.75, 3.05) is 38.5 Å². The largest absolute Gasteiger partial charge is 0.334 e. The van der Waals surface area contributed by atoms with Crippen molar-refractivity contribution in [1.82, 2.24) is 14.5 Å². The van der Waals surface area contributed by atoms with E-state index in [1.807, 2.05) is 25.2 Å². The van der Waals surface area contributed by atoms with Crippen LogP contribution in [0.3, 0.4) is 0 Å². The molecule has 2 aromatic rings. The Kier molecular flexibility index (Phi) is 6.10. The average molecular weight is 388 g/mol. The van der Waals surface area contributed by atoms with Gasteiger partial charge in [0.05, 0.1) is 4.90 Å². The summed E-state index contributed by atoms with van der Waals surface area (Å²) in [5, 5.41) is 5.50. The summed E-state index contributed by atoms with van der Waals surface area (Å²) in [5.74, 6) is 0. The number of nitrogens with zero attached hydrogens (tertiary/aromatic N) is 2. The highest BCUT2D eigenvalue weighted by atomic mass is 32.2. The van der Waals surface area contributed by atoms with E-state index in [1.165, 1.54) is 4.31 Å². The van der Waals surface area contributed by atoms with Crippen molar-refractivity contribution in [3.8, 4) is 0 Å². The number of para-hydroxylation sites is 1. The molecule has 8 heteroatoms. The molecule has 27 heavy (non-hydrogen) atoms. The van der Waals surface area contributed by atoms with Gasteiger partial charge >= 0.3 is 6.03 Å². The highest BCUT2D eigenvalue weighted by Crippen LogP contribution is 2.18. The van der Waals surface area contributed by atoms with Crippen LogP contribution in [0.15, 0.2) is 59.5 Å². The van der Waals surface area contributed by atoms with E-state index in [9.17, 15) is 13.2 Å². The molecule has 3 rings (SSSR count). The zero-order valence-corrected chi connectivity index (χ0v) is 16.1. The van der Waals surface area contributed by atoms with E-state index < -0.39 is 10.0 Å². The number of urea groups is 1. The third-order valence-corrected chi connectivity index (χ3v) is 6.42. The Bertz CT molecular complexity index is 862. The first-order chi connectivity index (χ1) is 12.9. The summed E-state index contributed by atoms with van der Waals surface area (Å²) in [5.41, 5.74) is 1.54. The van der Waals surface area contributed by atoms with Gasteiger partial charge < -0.3 is 15.5 Å². The summed E-state index contributed by atoms with van der Waals surface area (Å²) in [6, 6.07) is 15.5. The number of carbonyl (C=O) groups is 1. The van der Waals surface area contributed by atoms with Gasteiger partial charge in [0.2, 0.25) is 10.0 Å². The second kappa shape index (κ2) is 8.51. The van der Waals surface area contributed by atoms with Crippen molar-refractivity contribution < 1.29 is 13.2 Å². The molecule has 0 radical (unpaired) electrons. The van der Waals surface area contributed by atoms with Crippen LogP contribution >= 0.6 is 0 Å². The average Bonchev–Trinajstić information content (AvgIpc) is 2.68. The summed E-state index contributed by atoms with van der Waals surface area (Å²) in [4.78, 5) is 14.3. The van der Waals surface area contributed by atoms with Crippen LogP contribution in [-0.2, 0) is 16.6 Å². The number of piperazine rings is 1. The van der Waals surface area contributed by atoms with Gasteiger partial charge in [0.25, 0.3) is 0 Å². The standard InChI is InChI=1S/C19H24N4O3S/c1-22-11-13-23(14-12-22)27(25,26)18-9-7-16(8-10-18)15-20-19(24)21-17-5-3-2-4-6-17/h2-10H,11-15H2,1H3,(H2,20,21,24). The van der Waals surface area contributed by atoms with E-state index in [-0.39, 0.29) is 10.9 Å². The van der Waals surface area contributed by atoms with Gasteiger partial charge in [0.15, 0.2) is 0 Å². The first-order valence-electron chi connectivity index (χ1n) is 8.83. The van der Waals surface area contributed by atoms with E-state index >= 15 is 0 Å². The summed E-state index contributed by atoms with van der Waals surface area (Å²) in [6.07, 6.45) is 0. The second-order valence-electron chi connectivity index (χ2n) is 6.53. The number of benzene rings is 2. The number of carbonyl (C=O) groups excluding carboxylic acids is 1. The molecule has 2 aromatic carbocycles. The molecule has 0 saturated carbocycles. The summed E-state index contributed by atoms with van der Waals surface area (Å²) in [6.45, 7) is 2.78. The van der Waals surface area contributed by atoms with Gasteiger partial charge in [-0.2, -0.15) is 4.31 Å². The molecule has 0 bridgehead atoms. The molecule has 1 heterocycles. The van der Waals surface area contributed by atoms with Gasteiger partial charge in [0, 0.05) is 38.4 Å². The van der Waals surface area contributed by atoms with Crippen LogP contribution in [0.25, 0.3) is 0 Å². The number of rotatable bonds is 5. The number of sulfonamides is 1. The molecule has 0 aliphatic carbocycles. The molecule has 0 spiro atoms. The van der Waals surface area contributed by atoms with E-state index in [2.05, 4.69) is 15.5 Å². The number of amides is 2. The smallest absolute Gasteiger partial charge is 0.319 e. The molecule has 0 unspecified atom stereocenters. The molecular weight excluding hydrogens is 364 g/mol. The number of anilines is 1. The van der Waals surface area contributed by atoms with Crippen molar-refractivity contribution in [3.05, 3.63) is 60.2 Å². The first kappa shape index (κ1) is 19.3. The number of hydrogen-bond donors (Lipinski definition) is 2. The van der Waals surface area contributed by atoms with Crippen LogP contribution in [0.2, 0.25) is 0 Å². The Hall–Kier alpha value is -2.42. The third kappa shape index (κ3) is 5.06. The lowest BCUT2D eigenvalue weighted by atomic mass is 10.2. The van der Waals surface area contributed by atoms with Crippen molar-refractivity contribution in [2.24, 2.45) is 0 Å². The van der Waals surface area contributed by atoms with Crippen LogP contribution in [0.1, 0.15) is 5.56 Å². The lowest BCUT2D eigenvalue weighted by molar-refractivity contribution is 0.222. The normalized spacial score (nSPS) is 16.0. The van der Waals surface area contributed by atoms with Gasteiger partial charge in [-0.25, -0.2) is 13.2 Å². The fourth-order valence-electron chi connectivity index (χ4n) is 2.84. The molecular formula is C19H24N4O3S. The van der Waals surface area contributed by atoms with Crippen molar-refractivity contribution >= 4 is 21.7 Å². The van der Waals surface area contributed by atoms with Gasteiger partial charge in [-0.15, -0.1) is 0 Å². The Morgan fingerprint density at radius 3 is 2.22 bits per heavy atom. The molecule has 1 aliphatic rings. The van der Waals surface area contributed by atoms with E-state index in [4.69, 9.17) is 0 Å². The van der Waals surface area contributed by atoms with E-state index in [1.54, 1.807) is 36.4 Å². The second-order valence-corrected chi connectivity index (χ2v) is 8.46. The number of hydrogen-bond acceptors (Lipinski definition) is 4. The molecule has 0 aromatic heterocycles. The Labute approximate surface area is 160 Å². The quantitative estimate of drug-likeness (QED) is 0.820. The summed E-state index contributed by atoms with van der Waals surface area (Å²) >= 11 is 0. The lowest BCUT2D eigenvalue weighted by Crippen LogP contribution is -2.47. The maximum Gasteiger partial charge on any atom is 0.319 e. The molecule has 0 atom stereocenters. The molecule has 1 fully saturated rings. The van der Waals surface area contributed by atoms with Crippen LogP contribution in [0, 0.1) is 0 Å². The van der Waals surface area contributed by atoms with Crippen molar-refractivity contribution in [3.63, 3.8) is 0 Å². The monoisotopic (exact) mass is 388 g/mol. The topological polar surface area (TPSA) is 81.8 Å². The fraction of sp³-hybridized carbons (Fsp3) is 0.316. The molecule has 2 amide bonds. The molecule has 2 N–H and O–H groups in total. The van der Waals surface area contributed by atoms with Crippen LogP contribution in [-0.4, -0.2) is 56.9 Å². The SMILES string of the molecule is CN1CCN(S(=O)(=O)c2ccc(CNC(=O)Nc3ccccc3)cc2)CC1. The molecule has 1 aliphatic heterocycles. The zero-order valence-electron chi connectivity index (χ0n) is 15.3. The highest BCUT2D eigenvalue weighted by molar-refractivity contribution is 7.89. The van der Waals surface area contributed by atoms with Crippen LogP contribution < -0.4 is 10.6 Å². The van der Waals surface area contributed by atoms with E-state index in [0.29, 0.717) is 25.3 Å². The predicted octanol–water partition coefficient (Wildman–Crippen LogP) is 1.94.